The second-order valence-corrected chi connectivity index (χ2v) is 7.83. The molecule has 4 rings (SSSR count). The first-order valence-corrected chi connectivity index (χ1v) is 10.9. The van der Waals surface area contributed by atoms with Gasteiger partial charge in [0.05, 0.1) is 13.2 Å². The Labute approximate surface area is 179 Å². The van der Waals surface area contributed by atoms with E-state index in [1.807, 2.05) is 25.1 Å². The lowest BCUT2D eigenvalue weighted by Gasteiger charge is -2.32. The molecular formula is C26H31NO3. The predicted octanol–water partition coefficient (Wildman–Crippen LogP) is 5.01. The Morgan fingerprint density at radius 2 is 1.73 bits per heavy atom. The van der Waals surface area contributed by atoms with E-state index in [-0.39, 0.29) is 0 Å². The van der Waals surface area contributed by atoms with Crippen LogP contribution in [0.2, 0.25) is 0 Å². The molecule has 4 nitrogen and oxygen atoms in total. The van der Waals surface area contributed by atoms with Gasteiger partial charge in [0, 0.05) is 32.7 Å². The number of ether oxygens (including phenoxy) is 3. The Morgan fingerprint density at radius 3 is 2.60 bits per heavy atom. The van der Waals surface area contributed by atoms with Crippen LogP contribution in [0.1, 0.15) is 24.5 Å². The summed E-state index contributed by atoms with van der Waals surface area (Å²) in [5.74, 6) is -0.695. The summed E-state index contributed by atoms with van der Waals surface area (Å²) in [5, 5.41) is 2.61. The summed E-state index contributed by atoms with van der Waals surface area (Å²) in [6, 6.07) is 25.4. The summed E-state index contributed by atoms with van der Waals surface area (Å²) in [7, 11) is 0. The van der Waals surface area contributed by atoms with Gasteiger partial charge < -0.3 is 14.2 Å². The zero-order valence-electron chi connectivity index (χ0n) is 17.8. The Bertz CT molecular complexity index is 924. The van der Waals surface area contributed by atoms with Gasteiger partial charge in [-0.15, -0.1) is 0 Å². The van der Waals surface area contributed by atoms with E-state index < -0.39 is 5.79 Å². The highest BCUT2D eigenvalue weighted by Gasteiger charge is 2.35. The average Bonchev–Trinajstić information content (AvgIpc) is 3.00. The van der Waals surface area contributed by atoms with Crippen molar-refractivity contribution in [3.05, 3.63) is 83.9 Å². The molecule has 0 spiro atoms. The van der Waals surface area contributed by atoms with Crippen molar-refractivity contribution >= 4 is 10.8 Å². The van der Waals surface area contributed by atoms with Crippen molar-refractivity contribution in [1.82, 2.24) is 4.90 Å². The molecule has 3 aromatic rings. The normalized spacial score (nSPS) is 20.3. The monoisotopic (exact) mass is 405 g/mol. The summed E-state index contributed by atoms with van der Waals surface area (Å²) in [6.45, 7) is 6.97. The molecule has 0 radical (unpaired) electrons. The lowest BCUT2D eigenvalue weighted by molar-refractivity contribution is -0.264. The van der Waals surface area contributed by atoms with Crippen molar-refractivity contribution in [2.75, 3.05) is 32.9 Å². The summed E-state index contributed by atoms with van der Waals surface area (Å²) in [6.07, 6.45) is 0.782. The maximum Gasteiger partial charge on any atom is 0.193 e. The highest BCUT2D eigenvalue weighted by molar-refractivity contribution is 5.85. The summed E-state index contributed by atoms with van der Waals surface area (Å²) < 4.78 is 18.4. The minimum absolute atomic E-state index is 0.457. The second-order valence-electron chi connectivity index (χ2n) is 7.83. The fourth-order valence-corrected chi connectivity index (χ4v) is 4.02. The van der Waals surface area contributed by atoms with Crippen molar-refractivity contribution < 1.29 is 14.2 Å². The quantitative estimate of drug-likeness (QED) is 0.527. The molecular weight excluding hydrogens is 374 g/mol. The molecule has 1 saturated heterocycles. The molecule has 158 valence electrons. The van der Waals surface area contributed by atoms with Crippen LogP contribution >= 0.6 is 0 Å². The Balaban J connectivity index is 1.44. The van der Waals surface area contributed by atoms with Crippen LogP contribution in [-0.4, -0.2) is 43.6 Å². The van der Waals surface area contributed by atoms with E-state index >= 15 is 0 Å². The molecule has 1 aliphatic rings. The molecule has 4 heteroatoms. The fourth-order valence-electron chi connectivity index (χ4n) is 4.02. The highest BCUT2D eigenvalue weighted by Crippen LogP contribution is 2.26. The van der Waals surface area contributed by atoms with E-state index in [4.69, 9.17) is 14.2 Å². The van der Waals surface area contributed by atoms with Crippen molar-refractivity contribution in [3.8, 4) is 0 Å². The van der Waals surface area contributed by atoms with Crippen LogP contribution in [0, 0.1) is 0 Å². The maximum absolute atomic E-state index is 6.33. The Morgan fingerprint density at radius 1 is 0.933 bits per heavy atom. The molecule has 3 aromatic carbocycles. The number of rotatable bonds is 8. The van der Waals surface area contributed by atoms with Crippen molar-refractivity contribution in [2.24, 2.45) is 0 Å². The van der Waals surface area contributed by atoms with Gasteiger partial charge >= 0.3 is 0 Å². The van der Waals surface area contributed by atoms with Gasteiger partial charge in [-0.2, -0.15) is 0 Å². The van der Waals surface area contributed by atoms with Crippen LogP contribution in [-0.2, 0) is 27.4 Å². The molecule has 0 saturated carbocycles. The number of fused-ring (bicyclic) bond motifs is 1. The Hall–Kier alpha value is -2.24. The van der Waals surface area contributed by atoms with Crippen LogP contribution in [0.25, 0.3) is 10.8 Å². The van der Waals surface area contributed by atoms with E-state index in [0.717, 1.165) is 31.6 Å². The summed E-state index contributed by atoms with van der Waals surface area (Å²) >= 11 is 0. The summed E-state index contributed by atoms with van der Waals surface area (Å²) in [5.41, 5.74) is 2.50. The molecule has 0 unspecified atom stereocenters. The van der Waals surface area contributed by atoms with Gasteiger partial charge in [-0.25, -0.2) is 0 Å². The first kappa shape index (κ1) is 21.0. The van der Waals surface area contributed by atoms with E-state index in [2.05, 4.69) is 59.5 Å². The van der Waals surface area contributed by atoms with Crippen molar-refractivity contribution in [3.63, 3.8) is 0 Å². The van der Waals surface area contributed by atoms with E-state index in [1.54, 1.807) is 0 Å². The van der Waals surface area contributed by atoms with Crippen LogP contribution in [0.5, 0.6) is 0 Å². The molecule has 1 heterocycles. The van der Waals surface area contributed by atoms with Gasteiger partial charge in [0.2, 0.25) is 0 Å². The van der Waals surface area contributed by atoms with Crippen molar-refractivity contribution in [1.29, 1.82) is 0 Å². The Kier molecular flexibility index (Phi) is 7.13. The smallest absolute Gasteiger partial charge is 0.193 e. The minimum Gasteiger partial charge on any atom is -0.376 e. The highest BCUT2D eigenvalue weighted by atomic mass is 16.7. The van der Waals surface area contributed by atoms with E-state index in [9.17, 15) is 0 Å². The first-order valence-electron chi connectivity index (χ1n) is 10.9. The maximum atomic E-state index is 6.33. The van der Waals surface area contributed by atoms with E-state index in [0.29, 0.717) is 26.4 Å². The molecule has 0 aliphatic carbocycles. The van der Waals surface area contributed by atoms with Crippen LogP contribution in [0.4, 0.5) is 0 Å². The van der Waals surface area contributed by atoms with Gasteiger partial charge in [0.1, 0.15) is 6.61 Å². The molecule has 1 fully saturated rings. The molecule has 0 amide bonds. The van der Waals surface area contributed by atoms with Crippen molar-refractivity contribution in [2.45, 2.75) is 32.3 Å². The van der Waals surface area contributed by atoms with Crippen LogP contribution in [0.15, 0.2) is 72.8 Å². The zero-order valence-corrected chi connectivity index (χ0v) is 17.8. The number of hydrogen-bond acceptors (Lipinski definition) is 4. The molecule has 0 N–H and O–H groups in total. The van der Waals surface area contributed by atoms with Gasteiger partial charge in [-0.1, -0.05) is 72.8 Å². The lowest BCUT2D eigenvalue weighted by Crippen LogP contribution is -2.41. The number of hydrogen-bond donors (Lipinski definition) is 0. The third-order valence-corrected chi connectivity index (χ3v) is 5.73. The fraction of sp³-hybridized carbons (Fsp3) is 0.385. The molecule has 0 bridgehead atoms. The second kappa shape index (κ2) is 10.2. The minimum atomic E-state index is -0.695. The molecule has 30 heavy (non-hydrogen) atoms. The average molecular weight is 406 g/mol. The number of benzene rings is 3. The first-order chi connectivity index (χ1) is 14.8. The van der Waals surface area contributed by atoms with E-state index in [1.165, 1.54) is 16.3 Å². The van der Waals surface area contributed by atoms with Crippen LogP contribution < -0.4 is 0 Å². The number of nitrogens with zero attached hydrogens (tertiary/aromatic N) is 1. The third kappa shape index (κ3) is 5.27. The molecule has 0 aromatic heterocycles. The standard InChI is InChI=1S/C26H31NO3/c1-2-28-21-26(30-20-22-9-4-3-5-10-22)15-16-27(17-18-29-26)19-24-13-8-12-23-11-6-7-14-25(23)24/h3-14H,2,15-21H2,1H3/t26-/m0/s1. The van der Waals surface area contributed by atoms with Gasteiger partial charge in [0.25, 0.3) is 0 Å². The van der Waals surface area contributed by atoms with Crippen LogP contribution in [0.3, 0.4) is 0 Å². The lowest BCUT2D eigenvalue weighted by atomic mass is 10.0. The largest absolute Gasteiger partial charge is 0.376 e. The summed E-state index contributed by atoms with van der Waals surface area (Å²) in [4.78, 5) is 2.46. The molecule has 1 aliphatic heterocycles. The zero-order chi connectivity index (χ0) is 20.7. The third-order valence-electron chi connectivity index (χ3n) is 5.73. The molecule has 1 atom stereocenters. The van der Waals surface area contributed by atoms with Gasteiger partial charge in [-0.3, -0.25) is 4.90 Å². The predicted molar refractivity (Wildman–Crippen MR) is 120 cm³/mol. The van der Waals surface area contributed by atoms with Gasteiger partial charge in [0.15, 0.2) is 5.79 Å². The topological polar surface area (TPSA) is 30.9 Å². The van der Waals surface area contributed by atoms with Gasteiger partial charge in [-0.05, 0) is 28.8 Å². The SMILES string of the molecule is CCOC[C@@]1(OCc2ccccc2)CCN(Cc2cccc3ccccc23)CCO1.